The van der Waals surface area contributed by atoms with Gasteiger partial charge in [-0.1, -0.05) is 30.3 Å². The highest BCUT2D eigenvalue weighted by molar-refractivity contribution is 5.89. The van der Waals surface area contributed by atoms with Crippen LogP contribution in [0.4, 0.5) is 0 Å². The average molecular weight is 308 g/mol. The van der Waals surface area contributed by atoms with Gasteiger partial charge in [-0.15, -0.1) is 0 Å². The number of hydrogen-bond acceptors (Lipinski definition) is 5. The molecular formula is C15H20N2O5. The summed E-state index contributed by atoms with van der Waals surface area (Å²) in [4.78, 5) is 21.3. The number of carbonyl (C=O) groups is 2. The van der Waals surface area contributed by atoms with Crippen molar-refractivity contribution in [3.05, 3.63) is 48.0 Å². The molecule has 7 heteroatoms. The maximum atomic E-state index is 9.55. The van der Waals surface area contributed by atoms with Crippen LogP contribution >= 0.6 is 0 Å². The molecule has 2 atom stereocenters. The van der Waals surface area contributed by atoms with Gasteiger partial charge in [0.1, 0.15) is 0 Å². The second-order valence-corrected chi connectivity index (χ2v) is 4.92. The van der Waals surface area contributed by atoms with E-state index in [0.29, 0.717) is 18.7 Å². The first-order valence-electron chi connectivity index (χ1n) is 6.72. The van der Waals surface area contributed by atoms with E-state index in [1.165, 1.54) is 5.56 Å². The van der Waals surface area contributed by atoms with E-state index in [1.807, 2.05) is 18.2 Å². The molecule has 120 valence electrons. The lowest BCUT2D eigenvalue weighted by atomic mass is 10.2. The Balaban J connectivity index is 0.000000261. The van der Waals surface area contributed by atoms with Crippen LogP contribution < -0.4 is 5.73 Å². The average Bonchev–Trinajstić information content (AvgIpc) is 2.77. The molecule has 5 N–H and O–H groups in total. The number of aliphatic hydroxyl groups is 1. The molecular weight excluding hydrogens is 288 g/mol. The van der Waals surface area contributed by atoms with Gasteiger partial charge >= 0.3 is 11.9 Å². The van der Waals surface area contributed by atoms with Crippen LogP contribution in [0, 0.1) is 0 Å². The summed E-state index contributed by atoms with van der Waals surface area (Å²) in [6.45, 7) is 2.36. The fraction of sp³-hybridized carbons (Fsp3) is 0.333. The monoisotopic (exact) mass is 308 g/mol. The van der Waals surface area contributed by atoms with Gasteiger partial charge in [-0.2, -0.15) is 0 Å². The molecule has 1 fully saturated rings. The lowest BCUT2D eigenvalue weighted by molar-refractivity contribution is -0.134. The first-order chi connectivity index (χ1) is 10.4. The van der Waals surface area contributed by atoms with Crippen LogP contribution in [0.3, 0.4) is 0 Å². The second-order valence-electron chi connectivity index (χ2n) is 4.92. The van der Waals surface area contributed by atoms with E-state index < -0.39 is 11.9 Å². The zero-order valence-electron chi connectivity index (χ0n) is 12.0. The maximum Gasteiger partial charge on any atom is 0.328 e. The summed E-state index contributed by atoms with van der Waals surface area (Å²) in [7, 11) is 0. The summed E-state index contributed by atoms with van der Waals surface area (Å²) >= 11 is 0. The number of aliphatic carboxylic acids is 2. The van der Waals surface area contributed by atoms with Crippen molar-refractivity contribution in [2.45, 2.75) is 18.7 Å². The van der Waals surface area contributed by atoms with Gasteiger partial charge in [0.05, 0.1) is 6.10 Å². The van der Waals surface area contributed by atoms with E-state index in [2.05, 4.69) is 17.0 Å². The molecule has 0 spiro atoms. The number of likely N-dealkylation sites (tertiary alicyclic amines) is 1. The minimum Gasteiger partial charge on any atom is -0.478 e. The van der Waals surface area contributed by atoms with E-state index in [1.54, 1.807) is 0 Å². The summed E-state index contributed by atoms with van der Waals surface area (Å²) in [6, 6.07) is 10.2. The number of nitrogens with two attached hydrogens (primary N) is 1. The Morgan fingerprint density at radius 1 is 1.14 bits per heavy atom. The summed E-state index contributed by atoms with van der Waals surface area (Å²) in [6.07, 6.45) is 0.753. The fourth-order valence-corrected chi connectivity index (χ4v) is 2.01. The molecule has 1 aromatic rings. The number of rotatable bonds is 4. The summed E-state index contributed by atoms with van der Waals surface area (Å²) in [5, 5.41) is 25.1. The van der Waals surface area contributed by atoms with E-state index >= 15 is 0 Å². The Morgan fingerprint density at radius 3 is 2.09 bits per heavy atom. The zero-order chi connectivity index (χ0) is 16.5. The maximum absolute atomic E-state index is 9.55. The van der Waals surface area contributed by atoms with Gasteiger partial charge in [0, 0.05) is 37.8 Å². The van der Waals surface area contributed by atoms with E-state index in [-0.39, 0.29) is 12.1 Å². The molecule has 0 aromatic heterocycles. The molecule has 22 heavy (non-hydrogen) atoms. The van der Waals surface area contributed by atoms with Crippen LogP contribution in [0.25, 0.3) is 0 Å². The fourth-order valence-electron chi connectivity index (χ4n) is 2.01. The van der Waals surface area contributed by atoms with Crippen molar-refractivity contribution < 1.29 is 24.9 Å². The Bertz CT molecular complexity index is 492. The molecule has 1 aromatic carbocycles. The molecule has 1 aliphatic rings. The predicted molar refractivity (Wildman–Crippen MR) is 80.1 cm³/mol. The number of aliphatic hydroxyl groups excluding tert-OH is 1. The predicted octanol–water partition coefficient (Wildman–Crippen LogP) is -0.0978. The van der Waals surface area contributed by atoms with Crippen LogP contribution in [-0.4, -0.2) is 57.4 Å². The molecule has 1 heterocycles. The summed E-state index contributed by atoms with van der Waals surface area (Å²) in [5.74, 6) is -2.51. The van der Waals surface area contributed by atoms with Crippen LogP contribution in [0.1, 0.15) is 5.56 Å². The van der Waals surface area contributed by atoms with Crippen molar-refractivity contribution in [2.75, 3.05) is 13.1 Å². The first-order valence-corrected chi connectivity index (χ1v) is 6.72. The van der Waals surface area contributed by atoms with Crippen LogP contribution in [-0.2, 0) is 16.1 Å². The molecule has 0 aliphatic carbocycles. The summed E-state index contributed by atoms with van der Waals surface area (Å²) in [5.41, 5.74) is 7.00. The third kappa shape index (κ3) is 6.98. The summed E-state index contributed by atoms with van der Waals surface area (Å²) < 4.78 is 0. The van der Waals surface area contributed by atoms with E-state index in [0.717, 1.165) is 13.1 Å². The van der Waals surface area contributed by atoms with Gasteiger partial charge in [0.25, 0.3) is 0 Å². The second kappa shape index (κ2) is 8.93. The third-order valence-corrected chi connectivity index (χ3v) is 3.03. The molecule has 2 rings (SSSR count). The molecule has 0 saturated carbocycles. The molecule has 0 bridgehead atoms. The van der Waals surface area contributed by atoms with Crippen molar-refractivity contribution in [3.63, 3.8) is 0 Å². The minimum absolute atomic E-state index is 0.0845. The third-order valence-electron chi connectivity index (χ3n) is 3.03. The van der Waals surface area contributed by atoms with Gasteiger partial charge in [0.2, 0.25) is 0 Å². The first kappa shape index (κ1) is 17.8. The number of β-amino-alcohol motifs (C(OH)–C–C–N with tert-alkyl or cyclic N) is 1. The van der Waals surface area contributed by atoms with Gasteiger partial charge in [-0.25, -0.2) is 9.59 Å². The largest absolute Gasteiger partial charge is 0.478 e. The van der Waals surface area contributed by atoms with Gasteiger partial charge < -0.3 is 21.1 Å². The highest BCUT2D eigenvalue weighted by Crippen LogP contribution is 2.12. The van der Waals surface area contributed by atoms with Crippen LogP contribution in [0.2, 0.25) is 0 Å². The Kier molecular flexibility index (Phi) is 7.24. The molecule has 1 saturated heterocycles. The lowest BCUT2D eigenvalue weighted by Gasteiger charge is -2.14. The van der Waals surface area contributed by atoms with Crippen LogP contribution in [0.5, 0.6) is 0 Å². The lowest BCUT2D eigenvalue weighted by Crippen LogP contribution is -2.32. The smallest absolute Gasteiger partial charge is 0.328 e. The normalized spacial score (nSPS) is 21.4. The zero-order valence-corrected chi connectivity index (χ0v) is 12.0. The Hall–Kier alpha value is -2.22. The number of hydrogen-bond donors (Lipinski definition) is 4. The highest BCUT2D eigenvalue weighted by Gasteiger charge is 2.27. The molecule has 0 amide bonds. The quantitative estimate of drug-likeness (QED) is 0.573. The SMILES string of the molecule is N[C@H]1CN(Cc2ccccc2)C[C@@H]1O.O=C(O)/C=C\C(=O)O. The standard InChI is InChI=1S/C11H16N2O.C4H4O4/c12-10-7-13(8-11(10)14)6-9-4-2-1-3-5-9;5-3(6)1-2-4(7)8/h1-5,10-11,14H,6-8,12H2;1-2H,(H,5,6)(H,7,8)/b;2-1-/t10-,11-;/m0./s1. The van der Waals surface area contributed by atoms with Gasteiger partial charge in [-0.05, 0) is 5.56 Å². The van der Waals surface area contributed by atoms with E-state index in [9.17, 15) is 14.7 Å². The Morgan fingerprint density at radius 2 is 1.68 bits per heavy atom. The van der Waals surface area contributed by atoms with Crippen molar-refractivity contribution in [2.24, 2.45) is 5.73 Å². The molecule has 0 radical (unpaired) electrons. The molecule has 1 aliphatic heterocycles. The molecule has 7 nitrogen and oxygen atoms in total. The Labute approximate surface area is 128 Å². The number of nitrogens with zero attached hydrogens (tertiary/aromatic N) is 1. The van der Waals surface area contributed by atoms with Crippen LogP contribution in [0.15, 0.2) is 42.5 Å². The van der Waals surface area contributed by atoms with Crippen molar-refractivity contribution in [3.8, 4) is 0 Å². The number of benzene rings is 1. The minimum atomic E-state index is -1.26. The highest BCUT2D eigenvalue weighted by atomic mass is 16.4. The van der Waals surface area contributed by atoms with Gasteiger partial charge in [0.15, 0.2) is 0 Å². The molecule has 0 unspecified atom stereocenters. The topological polar surface area (TPSA) is 124 Å². The van der Waals surface area contributed by atoms with E-state index in [4.69, 9.17) is 15.9 Å². The van der Waals surface area contributed by atoms with Crippen molar-refractivity contribution >= 4 is 11.9 Å². The number of carboxylic acids is 2. The van der Waals surface area contributed by atoms with Gasteiger partial charge in [-0.3, -0.25) is 4.90 Å². The number of carboxylic acid groups (broad SMARTS) is 2. The van der Waals surface area contributed by atoms with Crippen molar-refractivity contribution in [1.82, 2.24) is 4.90 Å². The van der Waals surface area contributed by atoms with Crippen molar-refractivity contribution in [1.29, 1.82) is 0 Å².